The van der Waals surface area contributed by atoms with Crippen molar-refractivity contribution in [2.75, 3.05) is 0 Å². The van der Waals surface area contributed by atoms with Crippen molar-refractivity contribution in [1.82, 2.24) is 9.97 Å². The van der Waals surface area contributed by atoms with Crippen molar-refractivity contribution in [3.8, 4) is 0 Å². The van der Waals surface area contributed by atoms with Crippen LogP contribution < -0.4 is 11.1 Å². The third-order valence-electron chi connectivity index (χ3n) is 2.40. The molecule has 1 aromatic carbocycles. The van der Waals surface area contributed by atoms with Gasteiger partial charge in [0, 0.05) is 4.47 Å². The molecule has 0 atom stereocenters. The summed E-state index contributed by atoms with van der Waals surface area (Å²) in [6.07, 6.45) is 1.84. The molecule has 0 saturated carbocycles. The van der Waals surface area contributed by atoms with E-state index in [9.17, 15) is 9.59 Å². The van der Waals surface area contributed by atoms with Crippen LogP contribution in [0.15, 0.2) is 26.2 Å². The summed E-state index contributed by atoms with van der Waals surface area (Å²) in [7, 11) is -3.13. The molecule has 0 aliphatic heterocycles. The Morgan fingerprint density at radius 1 is 1.20 bits per heavy atom. The van der Waals surface area contributed by atoms with E-state index >= 15 is 0 Å². The summed E-state index contributed by atoms with van der Waals surface area (Å²) in [5.41, 5.74) is 1.18. The molecule has 2 rings (SSSR count). The molecule has 9 heteroatoms. The van der Waals surface area contributed by atoms with E-state index in [0.29, 0.717) is 5.52 Å². The van der Waals surface area contributed by atoms with E-state index in [0.717, 1.165) is 28.4 Å². The maximum absolute atomic E-state index is 11.3. The lowest BCUT2D eigenvalue weighted by atomic mass is 10.1. The molecule has 0 aliphatic carbocycles. The molecule has 0 spiro atoms. The number of fused-ring (bicyclic) bond motifs is 1. The highest BCUT2D eigenvalue weighted by molar-refractivity contribution is 9.10. The van der Waals surface area contributed by atoms with Gasteiger partial charge >= 0.3 is 19.4 Å². The highest BCUT2D eigenvalue weighted by atomic mass is 79.9. The van der Waals surface area contributed by atoms with Gasteiger partial charge in [0.05, 0.1) is 11.0 Å². The molecule has 2 aromatic rings. The summed E-state index contributed by atoms with van der Waals surface area (Å²) in [5.74, 6) is 0. The minimum absolute atomic E-state index is 0.604. The van der Waals surface area contributed by atoms with E-state index in [2.05, 4.69) is 32.8 Å². The van der Waals surface area contributed by atoms with Gasteiger partial charge in [-0.2, -0.15) is 0 Å². The van der Waals surface area contributed by atoms with Gasteiger partial charge in [-0.15, -0.1) is 0 Å². The van der Waals surface area contributed by atoms with E-state index in [4.69, 9.17) is 14.4 Å². The molecule has 7 nitrogen and oxygen atoms in total. The number of hydrogen-bond donors (Lipinski definition) is 4. The first-order chi connectivity index (χ1) is 9.35. The van der Waals surface area contributed by atoms with Gasteiger partial charge in [0.2, 0.25) is 0 Å². The first-order valence-electron chi connectivity index (χ1n) is 5.71. The monoisotopic (exact) mass is 364 g/mol. The molecule has 1 heterocycles. The lowest BCUT2D eigenvalue weighted by molar-refractivity contribution is 0.405. The quantitative estimate of drug-likeness (QED) is 0.472. The molecular weight excluding hydrogens is 351 g/mol. The van der Waals surface area contributed by atoms with Crippen LogP contribution in [0.25, 0.3) is 11.0 Å². The molecular formula is C11H14BrN2O5P. The van der Waals surface area contributed by atoms with Crippen LogP contribution >= 0.6 is 24.2 Å². The van der Waals surface area contributed by atoms with E-state index < -0.39 is 19.4 Å². The van der Waals surface area contributed by atoms with Gasteiger partial charge in [-0.3, -0.25) is 14.2 Å². The molecule has 0 aliphatic rings. The Morgan fingerprint density at radius 2 is 1.75 bits per heavy atom. The predicted molar refractivity (Wildman–Crippen MR) is 80.3 cm³/mol. The van der Waals surface area contributed by atoms with Gasteiger partial charge in [-0.25, -0.2) is 0 Å². The maximum Gasteiger partial charge on any atom is 0.314 e. The van der Waals surface area contributed by atoms with Crippen LogP contribution in [0.1, 0.15) is 18.9 Å². The maximum atomic E-state index is 11.3. The minimum Gasteiger partial charge on any atom is -0.326 e. The van der Waals surface area contributed by atoms with Gasteiger partial charge in [-0.1, -0.05) is 29.3 Å². The summed E-state index contributed by atoms with van der Waals surface area (Å²) in [6.45, 7) is 2.07. The van der Waals surface area contributed by atoms with Crippen LogP contribution in [0.4, 0.5) is 0 Å². The number of hydrogen-bond acceptors (Lipinski definition) is 3. The first-order valence-corrected chi connectivity index (χ1v) is 7.81. The van der Waals surface area contributed by atoms with Crippen molar-refractivity contribution in [1.29, 1.82) is 0 Å². The highest BCUT2D eigenvalue weighted by Crippen LogP contribution is 2.21. The average molecular weight is 365 g/mol. The second-order valence-electron chi connectivity index (χ2n) is 3.93. The zero-order valence-electron chi connectivity index (χ0n) is 10.6. The van der Waals surface area contributed by atoms with Crippen LogP contribution in [0.5, 0.6) is 0 Å². The van der Waals surface area contributed by atoms with Crippen LogP contribution in [0.2, 0.25) is 0 Å². The van der Waals surface area contributed by atoms with Crippen LogP contribution in [0, 0.1) is 0 Å². The first kappa shape index (κ1) is 16.8. The second-order valence-corrected chi connectivity index (χ2v) is 5.41. The Labute approximate surface area is 122 Å². The number of halogens is 1. The Hall–Kier alpha value is -1.21. The van der Waals surface area contributed by atoms with Gasteiger partial charge in [0.15, 0.2) is 0 Å². The van der Waals surface area contributed by atoms with E-state index in [-0.39, 0.29) is 0 Å². The normalized spacial score (nSPS) is 10.4. The van der Waals surface area contributed by atoms with Gasteiger partial charge in [0.25, 0.3) is 0 Å². The second kappa shape index (κ2) is 7.54. The number of aromatic nitrogens is 2. The number of aromatic amines is 2. The average Bonchev–Trinajstić information content (AvgIpc) is 2.31. The zero-order valence-corrected chi connectivity index (χ0v) is 13.2. The topological polar surface area (TPSA) is 123 Å². The predicted octanol–water partition coefficient (Wildman–Crippen LogP) is 1.29. The summed E-state index contributed by atoms with van der Waals surface area (Å²) >= 11 is 3.38. The van der Waals surface area contributed by atoms with Crippen LogP contribution in [0.3, 0.4) is 0 Å². The van der Waals surface area contributed by atoms with E-state index in [1.165, 1.54) is 0 Å². The molecule has 1 aromatic heterocycles. The standard InChI is InChI=1S/C11H11BrN2O2.H3O3P/c1-2-3-6-4-7(12)5-8-9(6)14-11(16)10(15)13-8;1-4(2)3/h4-5H,2-3H2,1H3,(H,13,15)(H,14,16);4H,(H2,1,2,3). The number of nitrogens with one attached hydrogen (secondary N) is 2. The fraction of sp³-hybridized carbons (Fsp3) is 0.273. The fourth-order valence-corrected chi connectivity index (χ4v) is 2.23. The molecule has 0 radical (unpaired) electrons. The van der Waals surface area contributed by atoms with Crippen molar-refractivity contribution in [3.05, 3.63) is 42.9 Å². The van der Waals surface area contributed by atoms with Crippen molar-refractivity contribution >= 4 is 35.2 Å². The Balaban J connectivity index is 0.000000444. The SMILES string of the molecule is CCCc1cc(Br)cc2[nH]c(=O)c(=O)[nH]c12.O=[PH](O)O. The zero-order chi connectivity index (χ0) is 15.3. The molecule has 110 valence electrons. The molecule has 0 bridgehead atoms. The lowest BCUT2D eigenvalue weighted by Crippen LogP contribution is -2.29. The number of benzene rings is 1. The summed E-state index contributed by atoms with van der Waals surface area (Å²) in [4.78, 5) is 42.0. The minimum atomic E-state index is -3.13. The molecule has 0 fully saturated rings. The number of aryl methyl sites for hydroxylation is 1. The highest BCUT2D eigenvalue weighted by Gasteiger charge is 2.05. The lowest BCUT2D eigenvalue weighted by Gasteiger charge is -2.05. The fourth-order valence-electron chi connectivity index (χ4n) is 1.73. The van der Waals surface area contributed by atoms with E-state index in [1.807, 2.05) is 6.07 Å². The number of H-pyrrole nitrogens is 2. The molecule has 0 unspecified atom stereocenters. The summed E-state index contributed by atoms with van der Waals surface area (Å²) in [6, 6.07) is 3.74. The Morgan fingerprint density at radius 3 is 2.30 bits per heavy atom. The smallest absolute Gasteiger partial charge is 0.314 e. The molecule has 4 N–H and O–H groups in total. The Kier molecular flexibility index (Phi) is 6.35. The van der Waals surface area contributed by atoms with Crippen LogP contribution in [-0.4, -0.2) is 19.8 Å². The largest absolute Gasteiger partial charge is 0.326 e. The van der Waals surface area contributed by atoms with Crippen molar-refractivity contribution in [2.24, 2.45) is 0 Å². The van der Waals surface area contributed by atoms with Crippen molar-refractivity contribution in [3.63, 3.8) is 0 Å². The van der Waals surface area contributed by atoms with Crippen molar-refractivity contribution in [2.45, 2.75) is 19.8 Å². The van der Waals surface area contributed by atoms with Crippen molar-refractivity contribution < 1.29 is 14.4 Å². The van der Waals surface area contributed by atoms with E-state index in [1.54, 1.807) is 6.07 Å². The van der Waals surface area contributed by atoms with Gasteiger partial charge in [0.1, 0.15) is 0 Å². The summed E-state index contributed by atoms with van der Waals surface area (Å²) < 4.78 is 9.64. The third kappa shape index (κ3) is 4.72. The van der Waals surface area contributed by atoms with Gasteiger partial charge < -0.3 is 19.8 Å². The van der Waals surface area contributed by atoms with Gasteiger partial charge in [-0.05, 0) is 24.1 Å². The third-order valence-corrected chi connectivity index (χ3v) is 2.85. The van der Waals surface area contributed by atoms with Crippen LogP contribution in [-0.2, 0) is 11.0 Å². The Bertz CT molecular complexity index is 736. The molecule has 0 saturated heterocycles. The molecule has 0 amide bonds. The number of rotatable bonds is 2. The summed E-state index contributed by atoms with van der Waals surface area (Å²) in [5, 5.41) is 0. The molecule has 20 heavy (non-hydrogen) atoms.